The third kappa shape index (κ3) is 3.98. The van der Waals surface area contributed by atoms with Gasteiger partial charge in [0.1, 0.15) is 0 Å². The van der Waals surface area contributed by atoms with Crippen molar-refractivity contribution in [3.63, 3.8) is 0 Å². The minimum atomic E-state index is -0.0112. The van der Waals surface area contributed by atoms with Crippen molar-refractivity contribution in [3.8, 4) is 0 Å². The highest BCUT2D eigenvalue weighted by Gasteiger charge is 2.27. The van der Waals surface area contributed by atoms with E-state index in [2.05, 4.69) is 22.3 Å². The van der Waals surface area contributed by atoms with Crippen LogP contribution in [-0.2, 0) is 0 Å². The lowest BCUT2D eigenvalue weighted by molar-refractivity contribution is 0.274. The summed E-state index contributed by atoms with van der Waals surface area (Å²) < 4.78 is 0. The lowest BCUT2D eigenvalue weighted by Crippen LogP contribution is -2.44. The molecule has 0 bridgehead atoms. The quantitative estimate of drug-likeness (QED) is 0.246. The molecule has 1 atom stereocenters. The minimum absolute atomic E-state index is 0.0112. The Kier molecular flexibility index (Phi) is 5.55. The average Bonchev–Trinajstić information content (AvgIpc) is 3.13. The number of nitrogens with zero attached hydrogens (tertiary/aromatic N) is 2. The van der Waals surface area contributed by atoms with Gasteiger partial charge in [0.15, 0.2) is 5.84 Å². The second-order valence-corrected chi connectivity index (χ2v) is 4.30. The van der Waals surface area contributed by atoms with Crippen LogP contribution in [0.4, 0.5) is 0 Å². The molecule has 1 unspecified atom stereocenters. The van der Waals surface area contributed by atoms with Gasteiger partial charge in [-0.2, -0.15) is 0 Å². The molecule has 0 aromatic rings. The van der Waals surface area contributed by atoms with E-state index < -0.39 is 0 Å². The molecule has 0 aromatic heterocycles. The summed E-state index contributed by atoms with van der Waals surface area (Å²) in [6.45, 7) is 7.25. The van der Waals surface area contributed by atoms with E-state index in [-0.39, 0.29) is 11.9 Å². The zero-order chi connectivity index (χ0) is 12.0. The lowest BCUT2D eigenvalue weighted by Gasteiger charge is -2.22. The van der Waals surface area contributed by atoms with Crippen LogP contribution < -0.4 is 11.1 Å². The van der Waals surface area contributed by atoms with Crippen molar-refractivity contribution in [2.24, 2.45) is 10.9 Å². The summed E-state index contributed by atoms with van der Waals surface area (Å²) in [4.78, 5) is 2.48. The first-order valence-corrected chi connectivity index (χ1v) is 6.17. The fourth-order valence-corrected chi connectivity index (χ4v) is 1.95. The summed E-state index contributed by atoms with van der Waals surface area (Å²) in [5.41, 5.74) is 5.57. The van der Waals surface area contributed by atoms with Crippen molar-refractivity contribution in [1.29, 1.82) is 0 Å². The zero-order valence-corrected chi connectivity index (χ0v) is 10.3. The van der Waals surface area contributed by atoms with Gasteiger partial charge in [0.05, 0.1) is 6.04 Å². The van der Waals surface area contributed by atoms with Crippen LogP contribution >= 0.6 is 0 Å². The predicted octanol–water partition coefficient (Wildman–Crippen LogP) is 0.585. The molecule has 16 heavy (non-hydrogen) atoms. The van der Waals surface area contributed by atoms with Gasteiger partial charge in [-0.15, -0.1) is 0 Å². The zero-order valence-electron chi connectivity index (χ0n) is 10.3. The Morgan fingerprint density at radius 1 is 1.56 bits per heavy atom. The first-order chi connectivity index (χ1) is 7.72. The molecule has 4 N–H and O–H groups in total. The molecule has 0 heterocycles. The Morgan fingerprint density at radius 2 is 2.25 bits per heavy atom. The fourth-order valence-electron chi connectivity index (χ4n) is 1.95. The summed E-state index contributed by atoms with van der Waals surface area (Å²) in [6.07, 6.45) is 3.52. The minimum Gasteiger partial charge on any atom is -0.409 e. The second kappa shape index (κ2) is 6.70. The van der Waals surface area contributed by atoms with Crippen molar-refractivity contribution >= 4 is 5.84 Å². The Labute approximate surface area is 97.7 Å². The van der Waals surface area contributed by atoms with Gasteiger partial charge in [-0.05, 0) is 25.8 Å². The van der Waals surface area contributed by atoms with Gasteiger partial charge in [0.25, 0.3) is 0 Å². The highest BCUT2D eigenvalue weighted by Crippen LogP contribution is 2.25. The monoisotopic (exact) mass is 228 g/mol. The molecule has 5 heteroatoms. The standard InChI is InChI=1S/C11H24N4O/c1-3-10(11(12)14-16)13-7-8-15(4-2)9-5-6-9/h9-10,13,16H,3-8H2,1-2H3,(H2,12,14). The third-order valence-corrected chi connectivity index (χ3v) is 3.14. The molecule has 0 saturated heterocycles. The van der Waals surface area contributed by atoms with Crippen LogP contribution in [0.5, 0.6) is 0 Å². The number of hydrogen-bond acceptors (Lipinski definition) is 4. The van der Waals surface area contributed by atoms with Crippen molar-refractivity contribution < 1.29 is 5.21 Å². The maximum absolute atomic E-state index is 8.60. The molecule has 1 fully saturated rings. The smallest absolute Gasteiger partial charge is 0.156 e. The van der Waals surface area contributed by atoms with Crippen molar-refractivity contribution in [2.45, 2.75) is 45.2 Å². The molecule has 0 aliphatic heterocycles. The summed E-state index contributed by atoms with van der Waals surface area (Å²) in [6, 6.07) is 0.790. The summed E-state index contributed by atoms with van der Waals surface area (Å²) in [5, 5.41) is 15.0. The normalized spacial score (nSPS) is 19.1. The van der Waals surface area contributed by atoms with Crippen LogP contribution in [0.1, 0.15) is 33.1 Å². The molecule has 1 aliphatic rings. The van der Waals surface area contributed by atoms with E-state index in [1.165, 1.54) is 12.8 Å². The summed E-state index contributed by atoms with van der Waals surface area (Å²) in [7, 11) is 0. The van der Waals surface area contributed by atoms with E-state index in [0.29, 0.717) is 0 Å². The van der Waals surface area contributed by atoms with E-state index >= 15 is 0 Å². The average molecular weight is 228 g/mol. The van der Waals surface area contributed by atoms with Crippen LogP contribution in [0, 0.1) is 0 Å². The van der Waals surface area contributed by atoms with E-state index in [0.717, 1.165) is 32.1 Å². The number of likely N-dealkylation sites (N-methyl/N-ethyl adjacent to an activating group) is 1. The van der Waals surface area contributed by atoms with Crippen LogP contribution in [0.3, 0.4) is 0 Å². The number of amidine groups is 1. The molecule has 1 aliphatic carbocycles. The molecular weight excluding hydrogens is 204 g/mol. The molecule has 0 spiro atoms. The third-order valence-electron chi connectivity index (χ3n) is 3.14. The summed E-state index contributed by atoms with van der Waals surface area (Å²) in [5.74, 6) is 0.275. The molecule has 94 valence electrons. The number of nitrogens with two attached hydrogens (primary N) is 1. The van der Waals surface area contributed by atoms with Crippen LogP contribution in [-0.4, -0.2) is 47.7 Å². The highest BCUT2D eigenvalue weighted by atomic mass is 16.4. The lowest BCUT2D eigenvalue weighted by atomic mass is 10.2. The molecular formula is C11H24N4O. The van der Waals surface area contributed by atoms with E-state index in [1.54, 1.807) is 0 Å². The predicted molar refractivity (Wildman–Crippen MR) is 65.8 cm³/mol. The second-order valence-electron chi connectivity index (χ2n) is 4.30. The topological polar surface area (TPSA) is 73.9 Å². The number of nitrogens with one attached hydrogen (secondary N) is 1. The molecule has 0 radical (unpaired) electrons. The fraction of sp³-hybridized carbons (Fsp3) is 0.909. The van der Waals surface area contributed by atoms with Crippen LogP contribution in [0.15, 0.2) is 5.16 Å². The highest BCUT2D eigenvalue weighted by molar-refractivity contribution is 5.85. The van der Waals surface area contributed by atoms with Gasteiger partial charge < -0.3 is 16.3 Å². The maximum Gasteiger partial charge on any atom is 0.156 e. The summed E-state index contributed by atoms with van der Waals surface area (Å²) >= 11 is 0. The number of hydrogen-bond donors (Lipinski definition) is 3. The van der Waals surface area contributed by atoms with E-state index in [4.69, 9.17) is 10.9 Å². The largest absolute Gasteiger partial charge is 0.409 e. The van der Waals surface area contributed by atoms with E-state index in [1.807, 2.05) is 6.92 Å². The molecule has 0 aromatic carbocycles. The molecule has 1 rings (SSSR count). The Balaban J connectivity index is 2.21. The molecule has 1 saturated carbocycles. The van der Waals surface area contributed by atoms with Crippen molar-refractivity contribution in [1.82, 2.24) is 10.2 Å². The Hall–Kier alpha value is -0.810. The first-order valence-electron chi connectivity index (χ1n) is 6.17. The maximum atomic E-state index is 8.60. The first kappa shape index (κ1) is 13.3. The Morgan fingerprint density at radius 3 is 2.69 bits per heavy atom. The SMILES string of the molecule is CCC(NCCN(CC)C1CC1)C(N)=NO. The van der Waals surface area contributed by atoms with Gasteiger partial charge in [0.2, 0.25) is 0 Å². The van der Waals surface area contributed by atoms with Crippen molar-refractivity contribution in [2.75, 3.05) is 19.6 Å². The molecule has 5 nitrogen and oxygen atoms in total. The Bertz CT molecular complexity index is 228. The van der Waals surface area contributed by atoms with Crippen LogP contribution in [0.2, 0.25) is 0 Å². The van der Waals surface area contributed by atoms with Crippen LogP contribution in [0.25, 0.3) is 0 Å². The number of oxime groups is 1. The van der Waals surface area contributed by atoms with Gasteiger partial charge in [-0.25, -0.2) is 0 Å². The van der Waals surface area contributed by atoms with Crippen molar-refractivity contribution in [3.05, 3.63) is 0 Å². The van der Waals surface area contributed by atoms with Gasteiger partial charge in [0, 0.05) is 19.1 Å². The van der Waals surface area contributed by atoms with Gasteiger partial charge in [-0.3, -0.25) is 4.90 Å². The van der Waals surface area contributed by atoms with Gasteiger partial charge >= 0.3 is 0 Å². The number of rotatable bonds is 8. The molecule has 0 amide bonds. The van der Waals surface area contributed by atoms with Gasteiger partial charge in [-0.1, -0.05) is 19.0 Å². The van der Waals surface area contributed by atoms with E-state index in [9.17, 15) is 0 Å².